The first kappa shape index (κ1) is 14.6. The van der Waals surface area contributed by atoms with E-state index < -0.39 is 18.5 Å². The Balaban J connectivity index is 2.93. The fourth-order valence-electron chi connectivity index (χ4n) is 2.30. The number of nitrogens with two attached hydrogens (primary N) is 1. The van der Waals surface area contributed by atoms with Gasteiger partial charge in [-0.05, 0) is 26.4 Å². The lowest BCUT2D eigenvalue weighted by Gasteiger charge is -2.41. The third-order valence-electron chi connectivity index (χ3n) is 3.43. The molecule has 1 rings (SSSR count). The molecule has 1 heterocycles. The average Bonchev–Trinajstić information content (AvgIpc) is 2.23. The van der Waals surface area contributed by atoms with Gasteiger partial charge in [0.25, 0.3) is 0 Å². The topological polar surface area (TPSA) is 104 Å². The highest BCUT2D eigenvalue weighted by atomic mass is 31.2. The van der Waals surface area contributed by atoms with Crippen LogP contribution in [0.25, 0.3) is 0 Å². The monoisotopic (exact) mass is 264 g/mol. The lowest BCUT2D eigenvalue weighted by Crippen LogP contribution is -2.53. The van der Waals surface area contributed by atoms with E-state index in [9.17, 15) is 19.4 Å². The SMILES string of the molecule is CN1CCP(=O)(O)C(CCCCN)(C(=O)O)C1. The molecule has 0 radical (unpaired) electrons. The molecule has 17 heavy (non-hydrogen) atoms. The number of aliphatic carboxylic acids is 1. The number of rotatable bonds is 5. The van der Waals surface area contributed by atoms with Crippen LogP contribution in [0.15, 0.2) is 0 Å². The number of hydrogen-bond donors (Lipinski definition) is 3. The highest BCUT2D eigenvalue weighted by molar-refractivity contribution is 7.61. The van der Waals surface area contributed by atoms with Gasteiger partial charge in [0.05, 0.1) is 0 Å². The molecule has 0 aromatic carbocycles. The van der Waals surface area contributed by atoms with Crippen LogP contribution in [0.4, 0.5) is 0 Å². The summed E-state index contributed by atoms with van der Waals surface area (Å²) in [6.45, 7) is 1.08. The van der Waals surface area contributed by atoms with E-state index >= 15 is 0 Å². The van der Waals surface area contributed by atoms with Crippen LogP contribution in [0.3, 0.4) is 0 Å². The number of hydrogen-bond acceptors (Lipinski definition) is 4. The zero-order valence-corrected chi connectivity index (χ0v) is 11.0. The molecule has 2 atom stereocenters. The first-order valence-electron chi connectivity index (χ1n) is 5.80. The number of unbranched alkanes of at least 4 members (excludes halogenated alkanes) is 1. The molecular formula is C10H21N2O4P. The third-order valence-corrected chi connectivity index (χ3v) is 6.13. The van der Waals surface area contributed by atoms with Crippen LogP contribution >= 0.6 is 7.37 Å². The van der Waals surface area contributed by atoms with Gasteiger partial charge in [0.15, 0.2) is 5.16 Å². The molecule has 0 spiro atoms. The second kappa shape index (κ2) is 5.48. The second-order valence-corrected chi connectivity index (χ2v) is 7.45. The van der Waals surface area contributed by atoms with Gasteiger partial charge in [-0.3, -0.25) is 9.36 Å². The van der Waals surface area contributed by atoms with Crippen LogP contribution in [0.1, 0.15) is 19.3 Å². The van der Waals surface area contributed by atoms with Crippen molar-refractivity contribution in [2.75, 3.05) is 32.8 Å². The minimum atomic E-state index is -3.64. The highest BCUT2D eigenvalue weighted by Gasteiger charge is 2.55. The first-order chi connectivity index (χ1) is 7.85. The summed E-state index contributed by atoms with van der Waals surface area (Å²) in [5.74, 6) is -1.16. The Morgan fingerprint density at radius 3 is 2.71 bits per heavy atom. The normalized spacial score (nSPS) is 34.8. The average molecular weight is 264 g/mol. The van der Waals surface area contributed by atoms with Gasteiger partial charge in [-0.25, -0.2) is 0 Å². The van der Waals surface area contributed by atoms with Crippen LogP contribution in [-0.4, -0.2) is 58.9 Å². The number of carbonyl (C=O) groups is 1. The molecule has 0 amide bonds. The fourth-order valence-corrected chi connectivity index (χ4v) is 4.61. The molecule has 4 N–H and O–H groups in total. The Morgan fingerprint density at radius 1 is 1.53 bits per heavy atom. The lowest BCUT2D eigenvalue weighted by molar-refractivity contribution is -0.141. The predicted octanol–water partition coefficient (Wildman–Crippen LogP) is 0.155. The van der Waals surface area contributed by atoms with Crippen LogP contribution in [0.2, 0.25) is 0 Å². The molecular weight excluding hydrogens is 243 g/mol. The largest absolute Gasteiger partial charge is 0.480 e. The lowest BCUT2D eigenvalue weighted by atomic mass is 10.00. The Bertz CT molecular complexity index is 336. The van der Waals surface area contributed by atoms with Crippen molar-refractivity contribution in [1.82, 2.24) is 4.90 Å². The van der Waals surface area contributed by atoms with E-state index in [1.807, 2.05) is 4.90 Å². The molecule has 1 saturated heterocycles. The molecule has 7 heteroatoms. The third kappa shape index (κ3) is 2.88. The van der Waals surface area contributed by atoms with Crippen LogP contribution in [0.5, 0.6) is 0 Å². The van der Waals surface area contributed by atoms with Crippen LogP contribution < -0.4 is 5.73 Å². The van der Waals surface area contributed by atoms with Crippen molar-refractivity contribution >= 4 is 13.3 Å². The van der Waals surface area contributed by atoms with E-state index in [0.29, 0.717) is 25.9 Å². The maximum Gasteiger partial charge on any atom is 0.320 e. The second-order valence-electron chi connectivity index (χ2n) is 4.75. The minimum absolute atomic E-state index is 0.0540. The Hall–Kier alpha value is -0.420. The maximum atomic E-state index is 12.2. The van der Waals surface area contributed by atoms with E-state index in [1.165, 1.54) is 0 Å². The molecule has 0 aromatic heterocycles. The number of nitrogens with zero attached hydrogens (tertiary/aromatic N) is 1. The molecule has 6 nitrogen and oxygen atoms in total. The number of carboxylic acid groups (broad SMARTS) is 1. The van der Waals surface area contributed by atoms with Gasteiger partial charge in [-0.1, -0.05) is 6.42 Å². The summed E-state index contributed by atoms with van der Waals surface area (Å²) in [6.07, 6.45) is 1.52. The van der Waals surface area contributed by atoms with Gasteiger partial charge >= 0.3 is 5.97 Å². The minimum Gasteiger partial charge on any atom is -0.480 e. The van der Waals surface area contributed by atoms with Crippen molar-refractivity contribution in [2.45, 2.75) is 24.4 Å². The number of carboxylic acids is 1. The van der Waals surface area contributed by atoms with Gasteiger partial charge in [-0.2, -0.15) is 0 Å². The van der Waals surface area contributed by atoms with E-state index in [4.69, 9.17) is 5.73 Å². The van der Waals surface area contributed by atoms with E-state index in [1.54, 1.807) is 7.05 Å². The summed E-state index contributed by atoms with van der Waals surface area (Å²) in [4.78, 5) is 23.2. The summed E-state index contributed by atoms with van der Waals surface area (Å²) in [7, 11) is -1.87. The Kier molecular flexibility index (Phi) is 4.72. The van der Waals surface area contributed by atoms with Crippen LogP contribution in [0, 0.1) is 0 Å². The van der Waals surface area contributed by atoms with Gasteiger partial charge < -0.3 is 20.6 Å². The molecule has 1 fully saturated rings. The summed E-state index contributed by atoms with van der Waals surface area (Å²) >= 11 is 0. The molecule has 0 saturated carbocycles. The zero-order chi connectivity index (χ0) is 13.1. The van der Waals surface area contributed by atoms with Gasteiger partial charge in [-0.15, -0.1) is 0 Å². The molecule has 0 bridgehead atoms. The molecule has 1 aliphatic heterocycles. The predicted molar refractivity (Wildman–Crippen MR) is 65.5 cm³/mol. The van der Waals surface area contributed by atoms with Crippen LogP contribution in [-0.2, 0) is 9.36 Å². The van der Waals surface area contributed by atoms with E-state index in [0.717, 1.165) is 0 Å². The summed E-state index contributed by atoms with van der Waals surface area (Å²) in [6, 6.07) is 0. The Morgan fingerprint density at radius 2 is 2.18 bits per heavy atom. The summed E-state index contributed by atoms with van der Waals surface area (Å²) in [5, 5.41) is 7.85. The first-order valence-corrected chi connectivity index (χ1v) is 7.64. The van der Waals surface area contributed by atoms with Crippen molar-refractivity contribution in [1.29, 1.82) is 0 Å². The van der Waals surface area contributed by atoms with Crippen molar-refractivity contribution < 1.29 is 19.4 Å². The Labute approximate surface area is 101 Å². The molecule has 100 valence electrons. The molecule has 0 aliphatic carbocycles. The van der Waals surface area contributed by atoms with Gasteiger partial charge in [0, 0.05) is 19.3 Å². The molecule has 2 unspecified atom stereocenters. The molecule has 0 aromatic rings. The summed E-state index contributed by atoms with van der Waals surface area (Å²) < 4.78 is 12.2. The van der Waals surface area contributed by atoms with Crippen molar-refractivity contribution in [3.8, 4) is 0 Å². The summed E-state index contributed by atoms with van der Waals surface area (Å²) in [5.41, 5.74) is 5.37. The maximum absolute atomic E-state index is 12.2. The molecule has 1 aliphatic rings. The van der Waals surface area contributed by atoms with Crippen molar-refractivity contribution in [3.63, 3.8) is 0 Å². The fraction of sp³-hybridized carbons (Fsp3) is 0.900. The van der Waals surface area contributed by atoms with E-state index in [2.05, 4.69) is 0 Å². The standard InChI is InChI=1S/C10H21N2O4P/c1-12-6-7-17(15,16)10(8-12,9(13)14)4-2-3-5-11/h2-8,11H2,1H3,(H,13,14)(H,15,16). The van der Waals surface area contributed by atoms with E-state index in [-0.39, 0.29) is 19.1 Å². The zero-order valence-electron chi connectivity index (χ0n) is 10.1. The van der Waals surface area contributed by atoms with Crippen molar-refractivity contribution in [3.05, 3.63) is 0 Å². The quantitative estimate of drug-likeness (QED) is 0.482. The van der Waals surface area contributed by atoms with Gasteiger partial charge in [0.2, 0.25) is 7.37 Å². The van der Waals surface area contributed by atoms with Crippen molar-refractivity contribution in [2.24, 2.45) is 5.73 Å². The highest BCUT2D eigenvalue weighted by Crippen LogP contribution is 2.59. The smallest absolute Gasteiger partial charge is 0.320 e. The van der Waals surface area contributed by atoms with Gasteiger partial charge in [0.1, 0.15) is 0 Å².